The third-order valence-corrected chi connectivity index (χ3v) is 6.18. The number of imide groups is 2. The lowest BCUT2D eigenvalue weighted by Crippen LogP contribution is -2.58. The molecule has 0 unspecified atom stereocenters. The number of hydrogen-bond acceptors (Lipinski definition) is 6. The first-order valence-corrected chi connectivity index (χ1v) is 10.9. The van der Waals surface area contributed by atoms with E-state index >= 15 is 0 Å². The summed E-state index contributed by atoms with van der Waals surface area (Å²) in [5, 5.41) is 4.56. The highest BCUT2D eigenvalue weighted by molar-refractivity contribution is 6.30. The summed E-state index contributed by atoms with van der Waals surface area (Å²) in [5.74, 6) is -1.55. The van der Waals surface area contributed by atoms with Crippen molar-refractivity contribution in [2.45, 2.75) is 19.4 Å². The Morgan fingerprint density at radius 3 is 2.52 bits per heavy atom. The first-order chi connectivity index (χ1) is 15.9. The minimum Gasteiger partial charge on any atom is -0.295 e. The maximum atomic E-state index is 13.0. The van der Waals surface area contributed by atoms with Gasteiger partial charge >= 0.3 is 6.03 Å². The first-order valence-electron chi connectivity index (χ1n) is 10.6. The summed E-state index contributed by atoms with van der Waals surface area (Å²) in [6.45, 7) is 2.16. The van der Waals surface area contributed by atoms with Crippen LogP contribution in [-0.2, 0) is 11.3 Å². The van der Waals surface area contributed by atoms with Crippen LogP contribution in [0.3, 0.4) is 0 Å². The normalized spacial score (nSPS) is 19.0. The van der Waals surface area contributed by atoms with E-state index in [-0.39, 0.29) is 24.1 Å². The minimum absolute atomic E-state index is 0.0203. The average molecular weight is 466 g/mol. The van der Waals surface area contributed by atoms with Gasteiger partial charge in [-0.05, 0) is 41.3 Å². The van der Waals surface area contributed by atoms with Crippen LogP contribution in [0.5, 0.6) is 0 Å². The molecule has 1 saturated heterocycles. The minimum atomic E-state index is -0.771. The number of amides is 5. The van der Waals surface area contributed by atoms with E-state index in [4.69, 9.17) is 11.6 Å². The quantitative estimate of drug-likeness (QED) is 0.696. The van der Waals surface area contributed by atoms with E-state index in [0.717, 1.165) is 40.7 Å². The van der Waals surface area contributed by atoms with Gasteiger partial charge in [-0.25, -0.2) is 9.80 Å². The van der Waals surface area contributed by atoms with Crippen LogP contribution in [0.2, 0.25) is 5.02 Å². The molecule has 10 heteroatoms. The second-order valence-corrected chi connectivity index (χ2v) is 8.57. The predicted molar refractivity (Wildman–Crippen MR) is 119 cm³/mol. The molecular formula is C23H20ClN5O4. The van der Waals surface area contributed by atoms with E-state index in [0.29, 0.717) is 11.6 Å². The fourth-order valence-electron chi connectivity index (χ4n) is 4.30. The van der Waals surface area contributed by atoms with E-state index < -0.39 is 23.8 Å². The number of nitrogens with one attached hydrogen (secondary N) is 1. The lowest BCUT2D eigenvalue weighted by Gasteiger charge is -2.32. The second-order valence-electron chi connectivity index (χ2n) is 8.13. The summed E-state index contributed by atoms with van der Waals surface area (Å²) in [6, 6.07) is 6.30. The van der Waals surface area contributed by atoms with Crippen LogP contribution in [0.4, 0.5) is 4.79 Å². The monoisotopic (exact) mass is 465 g/mol. The van der Waals surface area contributed by atoms with Gasteiger partial charge in [-0.15, -0.1) is 0 Å². The molecular weight excluding hydrogens is 446 g/mol. The molecule has 1 aromatic carbocycles. The third kappa shape index (κ3) is 4.01. The van der Waals surface area contributed by atoms with E-state index in [1.807, 2.05) is 12.1 Å². The smallest absolute Gasteiger partial charge is 0.295 e. The van der Waals surface area contributed by atoms with Crippen molar-refractivity contribution in [3.8, 4) is 0 Å². The fraction of sp³-hybridized carbons (Fsp3) is 0.261. The Hall–Kier alpha value is -3.56. The summed E-state index contributed by atoms with van der Waals surface area (Å²) >= 11 is 6.05. The van der Waals surface area contributed by atoms with Gasteiger partial charge in [-0.2, -0.15) is 5.01 Å². The van der Waals surface area contributed by atoms with E-state index in [1.54, 1.807) is 24.5 Å². The summed E-state index contributed by atoms with van der Waals surface area (Å²) in [7, 11) is 0. The largest absolute Gasteiger partial charge is 0.343 e. The number of halogens is 1. The van der Waals surface area contributed by atoms with Gasteiger partial charge in [-0.3, -0.25) is 29.6 Å². The lowest BCUT2D eigenvalue weighted by molar-refractivity contribution is -0.122. The number of nitrogens with zero attached hydrogens (tertiary/aromatic N) is 4. The summed E-state index contributed by atoms with van der Waals surface area (Å²) < 4.78 is 0. The molecule has 3 aliphatic rings. The molecule has 0 radical (unpaired) electrons. The van der Waals surface area contributed by atoms with Gasteiger partial charge in [0.1, 0.15) is 0 Å². The zero-order valence-electron chi connectivity index (χ0n) is 17.6. The maximum absolute atomic E-state index is 13.0. The van der Waals surface area contributed by atoms with Gasteiger partial charge in [0.05, 0.1) is 22.7 Å². The molecule has 5 amide bonds. The number of hydrogen-bond donors (Lipinski definition) is 1. The topological polar surface area (TPSA) is 103 Å². The summed E-state index contributed by atoms with van der Waals surface area (Å²) in [4.78, 5) is 55.7. The molecule has 1 N–H and O–H groups in total. The van der Waals surface area contributed by atoms with Crippen molar-refractivity contribution in [2.24, 2.45) is 0 Å². The molecule has 1 fully saturated rings. The number of pyridine rings is 1. The summed E-state index contributed by atoms with van der Waals surface area (Å²) in [6.07, 6.45) is 6.44. The maximum Gasteiger partial charge on any atom is 0.343 e. The van der Waals surface area contributed by atoms with Gasteiger partial charge in [0.2, 0.25) is 5.91 Å². The van der Waals surface area contributed by atoms with Gasteiger partial charge < -0.3 is 0 Å². The number of aromatic nitrogens is 1. The van der Waals surface area contributed by atoms with Crippen molar-refractivity contribution >= 4 is 40.9 Å². The van der Waals surface area contributed by atoms with Crippen molar-refractivity contribution in [1.29, 1.82) is 0 Å². The molecule has 5 rings (SSSR count). The third-order valence-electron chi connectivity index (χ3n) is 5.98. The van der Waals surface area contributed by atoms with Gasteiger partial charge in [-0.1, -0.05) is 23.7 Å². The molecule has 2 aromatic rings. The number of carbonyl (C=O) groups excluding carboxylic acids is 4. The Balaban J connectivity index is 1.29. The van der Waals surface area contributed by atoms with Gasteiger partial charge in [0.15, 0.2) is 0 Å². The highest BCUT2D eigenvalue weighted by Gasteiger charge is 2.43. The number of rotatable bonds is 4. The molecule has 0 atom stereocenters. The highest BCUT2D eigenvalue weighted by Crippen LogP contribution is 2.28. The van der Waals surface area contributed by atoms with Crippen LogP contribution in [0.25, 0.3) is 5.57 Å². The molecule has 3 aliphatic heterocycles. The van der Waals surface area contributed by atoms with Crippen LogP contribution in [0, 0.1) is 0 Å². The Morgan fingerprint density at radius 1 is 0.970 bits per heavy atom. The van der Waals surface area contributed by atoms with E-state index in [1.165, 1.54) is 5.57 Å². The zero-order chi connectivity index (χ0) is 23.1. The predicted octanol–water partition coefficient (Wildman–Crippen LogP) is 2.48. The molecule has 0 bridgehead atoms. The number of urea groups is 1. The molecule has 0 aliphatic carbocycles. The van der Waals surface area contributed by atoms with Crippen molar-refractivity contribution in [2.75, 3.05) is 19.6 Å². The molecule has 4 heterocycles. The number of carbonyl (C=O) groups is 4. The molecule has 1 aromatic heterocycles. The SMILES string of the molecule is O=C1CCN(N2C(=O)c3ccc(CN4CC=C(c5cncc(Cl)c5)CC4)cc3C2=O)C(=O)N1. The first kappa shape index (κ1) is 21.3. The van der Waals surface area contributed by atoms with Gasteiger partial charge in [0.25, 0.3) is 11.8 Å². The van der Waals surface area contributed by atoms with Crippen molar-refractivity contribution in [1.82, 2.24) is 25.2 Å². The molecule has 9 nitrogen and oxygen atoms in total. The number of hydrazine groups is 1. The number of benzene rings is 1. The Morgan fingerprint density at radius 2 is 1.79 bits per heavy atom. The molecule has 168 valence electrons. The molecule has 33 heavy (non-hydrogen) atoms. The van der Waals surface area contributed by atoms with Gasteiger partial charge in [0, 0.05) is 38.4 Å². The van der Waals surface area contributed by atoms with Crippen LogP contribution in [-0.4, -0.2) is 63.3 Å². The Labute approximate surface area is 194 Å². The average Bonchev–Trinajstić information content (AvgIpc) is 3.04. The molecule has 0 saturated carbocycles. The fourth-order valence-corrected chi connectivity index (χ4v) is 4.48. The van der Waals surface area contributed by atoms with Crippen molar-refractivity contribution < 1.29 is 19.2 Å². The van der Waals surface area contributed by atoms with E-state index in [9.17, 15) is 19.2 Å². The number of fused-ring (bicyclic) bond motifs is 1. The van der Waals surface area contributed by atoms with Crippen LogP contribution >= 0.6 is 11.6 Å². The Bertz CT molecular complexity index is 1230. The van der Waals surface area contributed by atoms with Crippen LogP contribution in [0.1, 0.15) is 44.7 Å². The summed E-state index contributed by atoms with van der Waals surface area (Å²) in [5.41, 5.74) is 3.64. The van der Waals surface area contributed by atoms with Crippen LogP contribution in [0.15, 0.2) is 42.7 Å². The van der Waals surface area contributed by atoms with Crippen LogP contribution < -0.4 is 5.32 Å². The van der Waals surface area contributed by atoms with E-state index in [2.05, 4.69) is 21.3 Å². The second kappa shape index (κ2) is 8.42. The molecule has 0 spiro atoms. The lowest BCUT2D eigenvalue weighted by atomic mass is 10.00. The Kier molecular flexibility index (Phi) is 5.43. The zero-order valence-corrected chi connectivity index (χ0v) is 18.3. The highest BCUT2D eigenvalue weighted by atomic mass is 35.5. The van der Waals surface area contributed by atoms with Crippen molar-refractivity contribution in [3.05, 3.63) is 70.0 Å². The standard InChI is InChI=1S/C23H20ClN5O4/c24-17-10-16(11-25-12-17)15-3-6-27(7-4-15)13-14-1-2-18-19(9-14)22(32)29(21(18)31)28-8-5-20(30)26-23(28)33/h1-3,9-12H,4-8,13H2,(H,26,30,33). The van der Waals surface area contributed by atoms with Crippen molar-refractivity contribution in [3.63, 3.8) is 0 Å².